The second-order valence-electron chi connectivity index (χ2n) is 8.49. The van der Waals surface area contributed by atoms with Gasteiger partial charge in [-0.1, -0.05) is 82.8 Å². The molecule has 0 N–H and O–H groups in total. The van der Waals surface area contributed by atoms with Crippen LogP contribution in [0, 0.1) is 0 Å². The van der Waals surface area contributed by atoms with Crippen molar-refractivity contribution in [2.45, 2.75) is 6.17 Å². The van der Waals surface area contributed by atoms with Gasteiger partial charge >= 0.3 is 13.8 Å². The van der Waals surface area contributed by atoms with Crippen LogP contribution in [0.4, 0.5) is 8.78 Å². The Hall–Kier alpha value is -2.93. The Bertz CT molecular complexity index is 1870. The van der Waals surface area contributed by atoms with Crippen LogP contribution in [0.1, 0.15) is 0 Å². The Morgan fingerprint density at radius 3 is 1.38 bits per heavy atom. The molecule has 0 spiro atoms. The van der Waals surface area contributed by atoms with E-state index in [4.69, 9.17) is 55.5 Å². The molecule has 0 unspecified atom stereocenters. The van der Waals surface area contributed by atoms with Crippen LogP contribution in [-0.2, 0) is 4.57 Å². The third-order valence-electron chi connectivity index (χ3n) is 6.04. The van der Waals surface area contributed by atoms with E-state index in [9.17, 15) is 13.3 Å². The Morgan fingerprint density at radius 2 is 1.00 bits per heavy atom. The standard InChI is InChI=1S/C27H13Cl4F2N2O3P/c28-13-9-19-15-5-1-3-7-17(15)25(34-23(19)21(30)11-13)37-39(36,27(32)33)38-26-18-8-4-2-6-16(18)20-10-14(29)12-22(31)24(20)35-26/h1-12,27H. The number of rotatable bonds is 5. The summed E-state index contributed by atoms with van der Waals surface area (Å²) in [7, 11) is -5.25. The topological polar surface area (TPSA) is 61.3 Å². The molecule has 0 saturated heterocycles. The average molecular weight is 624 g/mol. The molecule has 196 valence electrons. The van der Waals surface area contributed by atoms with Crippen LogP contribution in [0.25, 0.3) is 43.4 Å². The van der Waals surface area contributed by atoms with Gasteiger partial charge in [0.15, 0.2) is 0 Å². The molecule has 0 bridgehead atoms. The minimum absolute atomic E-state index is 0.163. The predicted octanol–water partition coefficient (Wildman–Crippen LogP) is 10.6. The summed E-state index contributed by atoms with van der Waals surface area (Å²) in [6, 6.07) is 19.6. The van der Waals surface area contributed by atoms with Gasteiger partial charge in [0, 0.05) is 31.6 Å². The van der Waals surface area contributed by atoms with Crippen molar-refractivity contribution in [1.29, 1.82) is 0 Å². The van der Waals surface area contributed by atoms with Crippen molar-refractivity contribution in [3.8, 4) is 11.8 Å². The summed E-state index contributed by atoms with van der Waals surface area (Å²) in [6.07, 6.45) is -3.55. The third kappa shape index (κ3) is 4.62. The highest BCUT2D eigenvalue weighted by Crippen LogP contribution is 2.56. The van der Waals surface area contributed by atoms with Crippen LogP contribution >= 0.6 is 54.0 Å². The molecule has 0 aliphatic heterocycles. The lowest BCUT2D eigenvalue weighted by molar-refractivity contribution is 0.190. The Labute approximate surface area is 239 Å². The van der Waals surface area contributed by atoms with Gasteiger partial charge in [0.1, 0.15) is 0 Å². The molecule has 0 saturated carbocycles. The predicted molar refractivity (Wildman–Crippen MR) is 153 cm³/mol. The number of benzene rings is 4. The lowest BCUT2D eigenvalue weighted by Gasteiger charge is -2.21. The maximum absolute atomic E-state index is 14.5. The summed E-state index contributed by atoms with van der Waals surface area (Å²) in [5.74, 6) is -0.693. The van der Waals surface area contributed by atoms with E-state index in [0.29, 0.717) is 42.4 Å². The molecular formula is C27H13Cl4F2N2O3P. The first-order chi connectivity index (χ1) is 18.6. The van der Waals surface area contributed by atoms with Gasteiger partial charge in [0.05, 0.1) is 21.1 Å². The highest BCUT2D eigenvalue weighted by molar-refractivity contribution is 7.55. The van der Waals surface area contributed by atoms with Crippen molar-refractivity contribution in [2.24, 2.45) is 0 Å². The summed E-state index contributed by atoms with van der Waals surface area (Å²) in [4.78, 5) is 8.67. The maximum atomic E-state index is 14.5. The van der Waals surface area contributed by atoms with Gasteiger partial charge in [-0.05, 0) is 47.2 Å². The Balaban J connectivity index is 1.54. The van der Waals surface area contributed by atoms with Crippen LogP contribution in [0.2, 0.25) is 20.1 Å². The van der Waals surface area contributed by atoms with Crippen LogP contribution in [-0.4, -0.2) is 16.1 Å². The average Bonchev–Trinajstić information content (AvgIpc) is 2.90. The Kier molecular flexibility index (Phi) is 6.69. The quantitative estimate of drug-likeness (QED) is 0.141. The summed E-state index contributed by atoms with van der Waals surface area (Å²) < 4.78 is 53.6. The molecule has 0 aliphatic rings. The fourth-order valence-corrected chi connectivity index (χ4v) is 6.41. The van der Waals surface area contributed by atoms with E-state index in [2.05, 4.69) is 9.97 Å². The first-order valence-electron chi connectivity index (χ1n) is 11.3. The van der Waals surface area contributed by atoms with Crippen LogP contribution in [0.15, 0.2) is 72.8 Å². The molecule has 39 heavy (non-hydrogen) atoms. The fraction of sp³-hybridized carbons (Fsp3) is 0.0370. The molecule has 2 heterocycles. The number of pyridine rings is 2. The molecule has 0 atom stereocenters. The monoisotopic (exact) mass is 622 g/mol. The van der Waals surface area contributed by atoms with Crippen molar-refractivity contribution in [1.82, 2.24) is 9.97 Å². The van der Waals surface area contributed by atoms with E-state index < -0.39 is 13.8 Å². The van der Waals surface area contributed by atoms with E-state index in [0.717, 1.165) is 0 Å². The molecule has 0 aliphatic carbocycles. The molecule has 6 rings (SSSR count). The van der Waals surface area contributed by atoms with Crippen molar-refractivity contribution < 1.29 is 22.4 Å². The highest BCUT2D eigenvalue weighted by atomic mass is 35.5. The molecule has 0 fully saturated rings. The summed E-state index contributed by atoms with van der Waals surface area (Å²) in [6.45, 7) is 0. The number of fused-ring (bicyclic) bond motifs is 6. The lowest BCUT2D eigenvalue weighted by atomic mass is 10.1. The van der Waals surface area contributed by atoms with Crippen molar-refractivity contribution in [2.75, 3.05) is 0 Å². The molecule has 0 amide bonds. The molecule has 6 aromatic rings. The van der Waals surface area contributed by atoms with E-state index in [1.807, 2.05) is 0 Å². The number of nitrogens with zero attached hydrogens (tertiary/aromatic N) is 2. The normalized spacial score (nSPS) is 12.2. The SMILES string of the molecule is O=P(Oc1nc2c(Cl)cc(Cl)cc2c2ccccc12)(Oc1nc2c(Cl)cc(Cl)cc2c2ccccc12)C(F)F. The van der Waals surface area contributed by atoms with Crippen molar-refractivity contribution in [3.05, 3.63) is 92.9 Å². The van der Waals surface area contributed by atoms with Crippen LogP contribution in [0.5, 0.6) is 11.8 Å². The largest absolute Gasteiger partial charge is 0.499 e. The highest BCUT2D eigenvalue weighted by Gasteiger charge is 2.42. The fourth-order valence-electron chi connectivity index (χ4n) is 4.38. The number of hydrogen-bond acceptors (Lipinski definition) is 5. The number of aromatic nitrogens is 2. The third-order valence-corrected chi connectivity index (χ3v) is 8.39. The van der Waals surface area contributed by atoms with Crippen molar-refractivity contribution in [3.63, 3.8) is 0 Å². The van der Waals surface area contributed by atoms with Gasteiger partial charge in [-0.25, -0.2) is 14.5 Å². The molecule has 4 aromatic carbocycles. The number of alkyl halides is 2. The zero-order valence-corrected chi connectivity index (χ0v) is 23.3. The zero-order valence-electron chi connectivity index (χ0n) is 19.3. The van der Waals surface area contributed by atoms with Gasteiger partial charge < -0.3 is 9.05 Å². The first kappa shape index (κ1) is 26.3. The summed E-state index contributed by atoms with van der Waals surface area (Å²) in [5, 5.41) is 3.92. The van der Waals surface area contributed by atoms with Gasteiger partial charge in [-0.2, -0.15) is 8.78 Å². The van der Waals surface area contributed by atoms with Gasteiger partial charge in [0.2, 0.25) is 11.8 Å². The minimum Gasteiger partial charge on any atom is -0.393 e. The number of hydrogen-bond donors (Lipinski definition) is 0. The van der Waals surface area contributed by atoms with Crippen molar-refractivity contribution >= 4 is 97.4 Å². The first-order valence-corrected chi connectivity index (χ1v) is 14.4. The molecule has 12 heteroatoms. The maximum Gasteiger partial charge on any atom is 0.499 e. The smallest absolute Gasteiger partial charge is 0.393 e. The molecule has 5 nitrogen and oxygen atoms in total. The Morgan fingerprint density at radius 1 is 0.615 bits per heavy atom. The zero-order chi connectivity index (χ0) is 27.5. The molecule has 2 aromatic heterocycles. The van der Waals surface area contributed by atoms with Gasteiger partial charge in [0.25, 0.3) is 0 Å². The summed E-state index contributed by atoms with van der Waals surface area (Å²) >= 11 is 25.1. The van der Waals surface area contributed by atoms with Gasteiger partial charge in [-0.3, -0.25) is 0 Å². The lowest BCUT2D eigenvalue weighted by Crippen LogP contribution is -2.11. The van der Waals surface area contributed by atoms with Crippen LogP contribution < -0.4 is 9.05 Å². The second kappa shape index (κ2) is 9.92. The van der Waals surface area contributed by atoms with Gasteiger partial charge in [-0.15, -0.1) is 0 Å². The van der Waals surface area contributed by atoms with E-state index in [1.165, 1.54) is 12.1 Å². The minimum atomic E-state index is -5.25. The van der Waals surface area contributed by atoms with E-state index in [1.54, 1.807) is 60.7 Å². The molecule has 0 radical (unpaired) electrons. The van der Waals surface area contributed by atoms with E-state index in [-0.39, 0.29) is 32.8 Å². The second-order valence-corrected chi connectivity index (χ2v) is 12.0. The number of halogens is 6. The summed E-state index contributed by atoms with van der Waals surface area (Å²) in [5.41, 5.74) is 0.460. The van der Waals surface area contributed by atoms with E-state index >= 15 is 0 Å². The molecular weight excluding hydrogens is 611 g/mol. The van der Waals surface area contributed by atoms with Crippen LogP contribution in [0.3, 0.4) is 0 Å².